The van der Waals surface area contributed by atoms with Crippen molar-refractivity contribution in [2.75, 3.05) is 42.9 Å². The van der Waals surface area contributed by atoms with Gasteiger partial charge in [0, 0.05) is 56.4 Å². The maximum atomic E-state index is 16.2. The van der Waals surface area contributed by atoms with Crippen molar-refractivity contribution >= 4 is 58.0 Å². The van der Waals surface area contributed by atoms with Crippen LogP contribution in [0.4, 0.5) is 20.3 Å². The van der Waals surface area contributed by atoms with Crippen LogP contribution in [0.25, 0.3) is 28.0 Å². The predicted octanol–water partition coefficient (Wildman–Crippen LogP) is 5.07. The highest BCUT2D eigenvalue weighted by Gasteiger charge is 2.45. The third-order valence-electron chi connectivity index (χ3n) is 12.7. The molecule has 19 heteroatoms. The Balaban J connectivity index is 0.966. The number of hydrogen-bond acceptors (Lipinski definition) is 12. The fraction of sp³-hybridized carbons (Fsp3) is 0.327. The number of benzene rings is 3. The number of phenolic OH excluding ortho intramolecular Hbond substituents is 1. The molecular weight excluding hydrogens is 881 g/mol. The van der Waals surface area contributed by atoms with Crippen LogP contribution in [-0.2, 0) is 14.4 Å². The van der Waals surface area contributed by atoms with Crippen molar-refractivity contribution in [2.45, 2.75) is 71.4 Å². The minimum Gasteiger partial charge on any atom is -0.507 e. The Morgan fingerprint density at radius 1 is 0.912 bits per heavy atom. The molecule has 0 aliphatic carbocycles. The molecule has 68 heavy (non-hydrogen) atoms. The van der Waals surface area contributed by atoms with E-state index in [2.05, 4.69) is 32.5 Å². The summed E-state index contributed by atoms with van der Waals surface area (Å²) in [5.41, 5.74) is 0.361. The summed E-state index contributed by atoms with van der Waals surface area (Å²) in [5.74, 6) is -5.35. The number of amides is 6. The van der Waals surface area contributed by atoms with Crippen molar-refractivity contribution in [3.63, 3.8) is 0 Å². The van der Waals surface area contributed by atoms with Gasteiger partial charge in [0.25, 0.3) is 17.7 Å². The molecule has 0 saturated carbocycles. The lowest BCUT2D eigenvalue weighted by atomic mass is 10.0. The van der Waals surface area contributed by atoms with Crippen LogP contribution in [0.15, 0.2) is 72.0 Å². The van der Waals surface area contributed by atoms with Crippen molar-refractivity contribution < 1.29 is 42.7 Å². The number of halogens is 2. The number of imide groups is 2. The number of phenols is 1. The average Bonchev–Trinajstić information content (AvgIpc) is 3.56. The van der Waals surface area contributed by atoms with E-state index in [1.165, 1.54) is 28.8 Å². The van der Waals surface area contributed by atoms with Crippen LogP contribution in [-0.4, -0.2) is 110 Å². The molecule has 3 aliphatic rings. The number of unbranched alkanes of at least 4 members (excludes halogenated alkanes) is 3. The molecule has 2 aromatic heterocycles. The summed E-state index contributed by atoms with van der Waals surface area (Å²) in [6, 6.07) is 11.4. The number of piperazine rings is 1. The van der Waals surface area contributed by atoms with Gasteiger partial charge in [-0.1, -0.05) is 37.6 Å². The smallest absolute Gasteiger partial charge is 0.355 e. The molecule has 17 nitrogen and oxygen atoms in total. The quantitative estimate of drug-likeness (QED) is 0.0652. The number of rotatable bonds is 14. The zero-order valence-electron chi connectivity index (χ0n) is 37.7. The molecule has 6 amide bonds. The number of fused-ring (bicyclic) bond motifs is 2. The first-order valence-corrected chi connectivity index (χ1v) is 22.4. The van der Waals surface area contributed by atoms with Crippen LogP contribution >= 0.6 is 0 Å². The van der Waals surface area contributed by atoms with Crippen LogP contribution < -0.4 is 26.5 Å². The molecule has 4 N–H and O–H groups in total. The first-order valence-electron chi connectivity index (χ1n) is 22.4. The lowest BCUT2D eigenvalue weighted by Crippen LogP contribution is -2.54. The Morgan fingerprint density at radius 2 is 1.66 bits per heavy atom. The molecule has 0 radical (unpaired) electrons. The minimum atomic E-state index is -1.06. The zero-order chi connectivity index (χ0) is 48.6. The van der Waals surface area contributed by atoms with Crippen LogP contribution in [0.3, 0.4) is 0 Å². The fourth-order valence-corrected chi connectivity index (χ4v) is 9.26. The van der Waals surface area contributed by atoms with E-state index in [9.17, 15) is 38.7 Å². The average molecular weight is 930 g/mol. The Hall–Kier alpha value is -7.83. The van der Waals surface area contributed by atoms with Crippen molar-refractivity contribution in [3.8, 4) is 22.7 Å². The van der Waals surface area contributed by atoms with Crippen LogP contribution in [0.1, 0.15) is 87.6 Å². The molecule has 1 unspecified atom stereocenters. The van der Waals surface area contributed by atoms with Gasteiger partial charge >= 0.3 is 5.69 Å². The molecular formula is C49H49F2N9O8. The number of hydrogen-bond donors (Lipinski definition) is 4. The first-order chi connectivity index (χ1) is 32.6. The normalized spacial score (nSPS) is 17.1. The molecule has 5 heterocycles. The summed E-state index contributed by atoms with van der Waals surface area (Å²) in [7, 11) is 0. The topological polar surface area (TPSA) is 216 Å². The number of carbonyl (C=O) groups excluding carboxylic acids is 6. The summed E-state index contributed by atoms with van der Waals surface area (Å²) in [6.07, 6.45) is 4.14. The van der Waals surface area contributed by atoms with E-state index in [0.717, 1.165) is 29.9 Å². The fourth-order valence-electron chi connectivity index (χ4n) is 9.26. The summed E-state index contributed by atoms with van der Waals surface area (Å²) in [4.78, 5) is 105. The molecule has 2 atom stereocenters. The van der Waals surface area contributed by atoms with Gasteiger partial charge in [-0.3, -0.25) is 39.0 Å². The summed E-state index contributed by atoms with van der Waals surface area (Å²) in [6.45, 7) is 10.4. The Kier molecular flexibility index (Phi) is 13.2. The molecule has 2 saturated heterocycles. The second-order valence-electron chi connectivity index (χ2n) is 17.1. The van der Waals surface area contributed by atoms with E-state index >= 15 is 8.78 Å². The molecule has 3 aromatic carbocycles. The third kappa shape index (κ3) is 8.66. The minimum absolute atomic E-state index is 0.0259. The van der Waals surface area contributed by atoms with Crippen molar-refractivity contribution in [1.29, 1.82) is 0 Å². The highest BCUT2D eigenvalue weighted by atomic mass is 19.1. The highest BCUT2D eigenvalue weighted by molar-refractivity contribution is 6.25. The van der Waals surface area contributed by atoms with Gasteiger partial charge in [0.15, 0.2) is 11.5 Å². The maximum Gasteiger partial charge on any atom is 0.355 e. The molecule has 0 spiro atoms. The standard InChI is InChI=1S/C49H49F2N9O8/c1-5-38(63)57-22-23-58(27(3)25-57)43-31-24-33(51)41(40-32(50)13-11-15-36(40)61)55-44(31)60(49(68)56-43)42-26(2)16-17-29(28(42)4)45(64)53-21-9-7-6-8-20-52-34-14-10-12-30-39(34)48(67)59(47(30)66)35-18-19-37(62)54-46(35)65/h5,10-17,24,27,35,52,61H,1,6-9,18-23,25H2,2-4H3,(H,53,64)(H,54,62,65)/t27-,35?/m0/s1. The highest BCUT2D eigenvalue weighted by Crippen LogP contribution is 2.37. The molecule has 2 fully saturated rings. The number of nitrogens with one attached hydrogen (secondary N) is 3. The van der Waals surface area contributed by atoms with Gasteiger partial charge in [-0.15, -0.1) is 0 Å². The summed E-state index contributed by atoms with van der Waals surface area (Å²) >= 11 is 0. The number of carbonyl (C=O) groups is 6. The molecule has 0 bridgehead atoms. The first kappa shape index (κ1) is 46.7. The van der Waals surface area contributed by atoms with Gasteiger partial charge < -0.3 is 25.5 Å². The molecule has 352 valence electrons. The van der Waals surface area contributed by atoms with Gasteiger partial charge in [0.05, 0.1) is 27.8 Å². The van der Waals surface area contributed by atoms with Gasteiger partial charge in [0.1, 0.15) is 29.1 Å². The Morgan fingerprint density at radius 3 is 2.38 bits per heavy atom. The van der Waals surface area contributed by atoms with Crippen molar-refractivity contribution in [2.24, 2.45) is 0 Å². The largest absolute Gasteiger partial charge is 0.507 e. The third-order valence-corrected chi connectivity index (χ3v) is 12.7. The second kappa shape index (κ2) is 19.2. The van der Waals surface area contributed by atoms with E-state index in [4.69, 9.17) is 0 Å². The van der Waals surface area contributed by atoms with Gasteiger partial charge in [0.2, 0.25) is 17.7 Å². The zero-order valence-corrected chi connectivity index (χ0v) is 37.7. The number of nitrogens with zero attached hydrogens (tertiary/aromatic N) is 6. The van der Waals surface area contributed by atoms with Crippen LogP contribution in [0, 0.1) is 25.5 Å². The lowest BCUT2D eigenvalue weighted by Gasteiger charge is -2.40. The molecule has 3 aliphatic heterocycles. The van der Waals surface area contributed by atoms with Crippen LogP contribution in [0.2, 0.25) is 0 Å². The van der Waals surface area contributed by atoms with E-state index in [0.29, 0.717) is 42.7 Å². The number of aromatic nitrogens is 3. The number of aromatic hydroxyl groups is 1. The van der Waals surface area contributed by atoms with Gasteiger partial charge in [-0.05, 0) is 93.6 Å². The van der Waals surface area contributed by atoms with Crippen LogP contribution in [0.5, 0.6) is 5.75 Å². The molecule has 5 aromatic rings. The van der Waals surface area contributed by atoms with Gasteiger partial charge in [-0.25, -0.2) is 23.1 Å². The predicted molar refractivity (Wildman–Crippen MR) is 248 cm³/mol. The van der Waals surface area contributed by atoms with E-state index in [-0.39, 0.29) is 83.7 Å². The lowest BCUT2D eigenvalue weighted by molar-refractivity contribution is -0.136. The summed E-state index contributed by atoms with van der Waals surface area (Å²) in [5, 5.41) is 19.2. The summed E-state index contributed by atoms with van der Waals surface area (Å²) < 4.78 is 32.7. The van der Waals surface area contributed by atoms with E-state index < -0.39 is 69.9 Å². The SMILES string of the molecule is C=CC(=O)N1CCN(c2nc(=O)n(-c3c(C)ccc(C(=O)NCCCCCCNc4cccc5c4C(=O)N(C4CCC(=O)NC4=O)C5=O)c3C)c3nc(-c4c(O)cccc4F)c(F)cc23)[C@@H](C)C1. The van der Waals surface area contributed by atoms with Crippen molar-refractivity contribution in [3.05, 3.63) is 117 Å². The van der Waals surface area contributed by atoms with E-state index in [1.807, 2.05) is 6.92 Å². The Labute approximate surface area is 388 Å². The van der Waals surface area contributed by atoms with E-state index in [1.54, 1.807) is 47.9 Å². The maximum absolute atomic E-state index is 16.2. The number of anilines is 2. The van der Waals surface area contributed by atoms with Gasteiger partial charge in [-0.2, -0.15) is 4.98 Å². The number of aryl methyl sites for hydroxylation is 1. The monoisotopic (exact) mass is 929 g/mol. The molecule has 8 rings (SSSR count). The van der Waals surface area contributed by atoms with Crippen molar-refractivity contribution in [1.82, 2.24) is 35.0 Å². The Bertz CT molecular complexity index is 2990. The number of pyridine rings is 1. The number of piperidine rings is 1. The second-order valence-corrected chi connectivity index (χ2v) is 17.1.